The number of aryl methyl sites for hydroxylation is 2. The number of aliphatic hydroxyl groups is 1. The number of hydrogen-bond acceptors (Lipinski definition) is 21. The van der Waals surface area contributed by atoms with Crippen molar-refractivity contribution in [2.75, 3.05) is 136 Å². The fraction of sp³-hybridized carbons (Fsp3) is 0.311. The molecule has 0 spiro atoms. The molecule has 25 nitrogen and oxygen atoms in total. The number of nitrogens with zero attached hydrogens (tertiary/aromatic N) is 11. The van der Waals surface area contributed by atoms with Gasteiger partial charge < -0.3 is 58.1 Å². The third-order valence-corrected chi connectivity index (χ3v) is 21.4. The van der Waals surface area contributed by atoms with Gasteiger partial charge in [0.25, 0.3) is 22.2 Å². The Morgan fingerprint density at radius 1 is 0.383 bits per heavy atom. The molecule has 12 heterocycles. The number of ether oxygens (including phenoxy) is 8. The Morgan fingerprint density at radius 3 is 1.10 bits per heavy atom. The van der Waals surface area contributed by atoms with Crippen LogP contribution < -0.4 is 65.4 Å². The van der Waals surface area contributed by atoms with Gasteiger partial charge in [0.1, 0.15) is 22.6 Å². The lowest BCUT2D eigenvalue weighted by Gasteiger charge is -2.25. The van der Waals surface area contributed by atoms with E-state index >= 15 is 0 Å². The molecule has 12 aromatic rings. The Balaban J connectivity index is 0.000000134. The van der Waals surface area contributed by atoms with E-state index in [1.54, 1.807) is 98.7 Å². The SMILES string of the molecule is COc1ccc(-c2cc(=O)n3cc(C4=CCN(C)CC4)cc(C)c3n2)cc1OC.COc1ccc(-c2cc(=O)n3cc(C4=CCN(C)CC4)ccc3n2)cc1OC.COc1ccc(-c2cc(=O)n3cc(C4=CCN(CCO)CC4)ccc3n2)cc1OC.COc1ccc(-c2cc(=O)n3cc(C4CCNCC4)cc(C)c3n2)cc1OC. The van der Waals surface area contributed by atoms with E-state index < -0.39 is 0 Å². The van der Waals surface area contributed by atoms with Crippen LogP contribution in [0.3, 0.4) is 0 Å². The van der Waals surface area contributed by atoms with Gasteiger partial charge in [-0.2, -0.15) is 0 Å². The van der Waals surface area contributed by atoms with Gasteiger partial charge in [-0.1, -0.05) is 24.3 Å². The minimum atomic E-state index is -0.134. The number of fused-ring (bicyclic) bond motifs is 4. The highest BCUT2D eigenvalue weighted by Gasteiger charge is 2.22. The molecule has 0 saturated carbocycles. The van der Waals surface area contributed by atoms with E-state index in [2.05, 4.69) is 74.4 Å². The smallest absolute Gasteiger partial charge is 0.258 e. The van der Waals surface area contributed by atoms with E-state index in [-0.39, 0.29) is 28.8 Å². The molecule has 4 aromatic carbocycles. The molecular weight excluding hydrogens is 1460 g/mol. The minimum Gasteiger partial charge on any atom is -0.493 e. The first-order valence-electron chi connectivity index (χ1n) is 38.4. The molecule has 1 fully saturated rings. The van der Waals surface area contributed by atoms with Crippen LogP contribution in [0.1, 0.15) is 71.4 Å². The van der Waals surface area contributed by atoms with Gasteiger partial charge in [0.2, 0.25) is 0 Å². The number of methoxy groups -OCH3 is 8. The van der Waals surface area contributed by atoms with Crippen molar-refractivity contribution < 1.29 is 43.0 Å². The van der Waals surface area contributed by atoms with E-state index in [1.165, 1.54) is 28.3 Å². The molecule has 4 aliphatic heterocycles. The number of pyridine rings is 4. The van der Waals surface area contributed by atoms with Crippen LogP contribution >= 0.6 is 0 Å². The highest BCUT2D eigenvalue weighted by Crippen LogP contribution is 2.37. The third kappa shape index (κ3) is 18.4. The zero-order valence-electron chi connectivity index (χ0n) is 67.2. The highest BCUT2D eigenvalue weighted by molar-refractivity contribution is 5.74. The second-order valence-electron chi connectivity index (χ2n) is 28.8. The number of piperidine rings is 1. The Labute approximate surface area is 667 Å². The summed E-state index contributed by atoms with van der Waals surface area (Å²) in [5, 5.41) is 12.5. The Kier molecular flexibility index (Phi) is 25.8. The maximum absolute atomic E-state index is 12.9. The van der Waals surface area contributed by atoms with E-state index in [0.29, 0.717) is 104 Å². The van der Waals surface area contributed by atoms with Crippen LogP contribution in [0.2, 0.25) is 0 Å². The molecule has 0 atom stereocenters. The molecule has 16 rings (SSSR count). The van der Waals surface area contributed by atoms with Gasteiger partial charge in [-0.3, -0.25) is 41.7 Å². The number of rotatable bonds is 18. The summed E-state index contributed by atoms with van der Waals surface area (Å²) in [6.07, 6.45) is 19.3. The molecule has 25 heteroatoms. The van der Waals surface area contributed by atoms with Gasteiger partial charge >= 0.3 is 0 Å². The average molecular weight is 1560 g/mol. The topological polar surface area (TPSA) is 253 Å². The molecule has 115 heavy (non-hydrogen) atoms. The number of hydrogen-bond donors (Lipinski definition) is 2. The van der Waals surface area contributed by atoms with Gasteiger partial charge in [0.15, 0.2) is 46.0 Å². The summed E-state index contributed by atoms with van der Waals surface area (Å²) in [7, 11) is 16.9. The molecule has 0 radical (unpaired) electrons. The number of aromatic nitrogens is 8. The molecule has 0 unspecified atom stereocenters. The van der Waals surface area contributed by atoms with Gasteiger partial charge in [-0.25, -0.2) is 19.9 Å². The Bertz CT molecular complexity index is 5940. The zero-order valence-corrected chi connectivity index (χ0v) is 67.2. The van der Waals surface area contributed by atoms with E-state index in [1.807, 2.05) is 130 Å². The average Bonchev–Trinajstić information content (AvgIpc) is 0.763. The number of benzene rings is 4. The number of β-amino-alcohol motifs (C(OH)–C–C–N with tert-alkyl or cyclic N) is 1. The normalized spacial score (nSPS) is 14.7. The second kappa shape index (κ2) is 36.7. The standard InChI is InChI=1S/C23H25N3O4.C23H25N3O3.C22H23N3O3.C22H25N3O3/c1-29-20-5-3-17(13-21(20)30-2)19-14-23(28)26-15-18(4-6-22(26)24-19)16-7-9-25(10-8-16)11-12-27;1-15-11-18(16-7-9-25(2)10-8-16)14-26-22(27)13-19(24-23(15)26)17-5-6-20(28-3)21(12-17)29-4;1-24-10-8-15(9-11-24)17-5-7-21-23-18(13-22(26)25(21)14-17)16-4-6-19(27-2)20(12-16)28-3;1-14-10-17(15-6-8-23-9-7-15)13-25-21(26)12-18(24-22(14)25)16-4-5-19(27-2)20(11-16)28-3/h3-7,13-15,27H,8-12H2,1-2H3;5-7,11-14H,8-10H2,1-4H3;4-8,12-14H,9-11H2,1-3H3;4-5,10-13,15,23H,6-9H2,1-3H3. The van der Waals surface area contributed by atoms with Crippen molar-refractivity contribution in [2.45, 2.75) is 51.9 Å². The fourth-order valence-corrected chi connectivity index (χ4v) is 14.9. The van der Waals surface area contributed by atoms with Crippen molar-refractivity contribution in [1.82, 2.24) is 57.6 Å². The lowest BCUT2D eigenvalue weighted by Crippen LogP contribution is -2.31. The highest BCUT2D eigenvalue weighted by atomic mass is 16.5. The molecule has 596 valence electrons. The third-order valence-electron chi connectivity index (χ3n) is 21.4. The molecule has 0 aliphatic carbocycles. The Hall–Kier alpha value is -12.3. The Morgan fingerprint density at radius 2 is 0.730 bits per heavy atom. The van der Waals surface area contributed by atoms with Crippen molar-refractivity contribution >= 4 is 39.3 Å². The lowest BCUT2D eigenvalue weighted by molar-refractivity contribution is 0.208. The van der Waals surface area contributed by atoms with Crippen LogP contribution in [-0.4, -0.2) is 194 Å². The molecular formula is C90H98N12O13. The molecule has 4 aliphatic rings. The zero-order chi connectivity index (χ0) is 81.0. The lowest BCUT2D eigenvalue weighted by atomic mass is 9.90. The summed E-state index contributed by atoms with van der Waals surface area (Å²) in [5.41, 5.74) is 18.0. The number of likely N-dealkylation sites (N-methyl/N-ethyl adjacent to an activating group) is 2. The first-order chi connectivity index (χ1) is 55.8. The maximum Gasteiger partial charge on any atom is 0.258 e. The van der Waals surface area contributed by atoms with Gasteiger partial charge in [0, 0.05) is 117 Å². The summed E-state index contributed by atoms with van der Waals surface area (Å²) in [4.78, 5) is 77.1. The minimum absolute atomic E-state index is 0.0753. The summed E-state index contributed by atoms with van der Waals surface area (Å²) < 4.78 is 49.2. The first kappa shape index (κ1) is 80.8. The van der Waals surface area contributed by atoms with Gasteiger partial charge in [-0.05, 0) is 232 Å². The number of nitrogens with one attached hydrogen (secondary N) is 1. The second-order valence-corrected chi connectivity index (χ2v) is 28.8. The largest absolute Gasteiger partial charge is 0.493 e. The van der Waals surface area contributed by atoms with Gasteiger partial charge in [-0.15, -0.1) is 0 Å². The monoisotopic (exact) mass is 1550 g/mol. The van der Waals surface area contributed by atoms with Gasteiger partial charge in [0.05, 0.1) is 86.3 Å². The van der Waals surface area contributed by atoms with Crippen molar-refractivity contribution in [1.29, 1.82) is 0 Å². The van der Waals surface area contributed by atoms with Crippen LogP contribution in [0, 0.1) is 13.8 Å². The molecule has 8 aromatic heterocycles. The van der Waals surface area contributed by atoms with Crippen molar-refractivity contribution in [3.63, 3.8) is 0 Å². The van der Waals surface area contributed by atoms with E-state index in [9.17, 15) is 19.2 Å². The first-order valence-corrected chi connectivity index (χ1v) is 38.4. The fourth-order valence-electron chi connectivity index (χ4n) is 14.9. The molecule has 0 bridgehead atoms. The van der Waals surface area contributed by atoms with Crippen LogP contribution in [0.4, 0.5) is 0 Å². The number of aliphatic hydroxyl groups excluding tert-OH is 1. The van der Waals surface area contributed by atoms with Crippen molar-refractivity contribution in [3.05, 3.63) is 251 Å². The van der Waals surface area contributed by atoms with E-state index in [0.717, 1.165) is 135 Å². The van der Waals surface area contributed by atoms with Crippen molar-refractivity contribution in [2.24, 2.45) is 0 Å². The quantitative estimate of drug-likeness (QED) is 0.0809. The van der Waals surface area contributed by atoms with E-state index in [4.69, 9.17) is 53.0 Å². The summed E-state index contributed by atoms with van der Waals surface area (Å²) in [6.45, 7) is 12.5. The predicted octanol–water partition coefficient (Wildman–Crippen LogP) is 12.1. The molecule has 2 N–H and O–H groups in total. The summed E-state index contributed by atoms with van der Waals surface area (Å²) >= 11 is 0. The summed E-state index contributed by atoms with van der Waals surface area (Å²) in [5.74, 6) is 5.45. The van der Waals surface area contributed by atoms with Crippen LogP contribution in [0.5, 0.6) is 46.0 Å². The van der Waals surface area contributed by atoms with Crippen LogP contribution in [0.25, 0.3) is 84.3 Å². The maximum atomic E-state index is 12.9. The van der Waals surface area contributed by atoms with Crippen LogP contribution in [-0.2, 0) is 0 Å². The predicted molar refractivity (Wildman–Crippen MR) is 451 cm³/mol. The summed E-state index contributed by atoms with van der Waals surface area (Å²) in [6, 6.07) is 40.5. The van der Waals surface area contributed by atoms with Crippen LogP contribution in [0.15, 0.2) is 196 Å². The molecule has 0 amide bonds. The molecule has 1 saturated heterocycles. The van der Waals surface area contributed by atoms with Crippen molar-refractivity contribution in [3.8, 4) is 91.0 Å².